The van der Waals surface area contributed by atoms with Crippen molar-refractivity contribution in [2.45, 2.75) is 18.3 Å². The van der Waals surface area contributed by atoms with E-state index in [1.54, 1.807) is 11.9 Å². The van der Waals surface area contributed by atoms with Gasteiger partial charge in [0.2, 0.25) is 0 Å². The number of alkyl halides is 3. The van der Waals surface area contributed by atoms with Gasteiger partial charge in [0.1, 0.15) is 0 Å². The number of rotatable bonds is 7. The summed E-state index contributed by atoms with van der Waals surface area (Å²) < 4.78 is 39.8. The molecule has 0 bridgehead atoms. The molecule has 0 aromatic carbocycles. The Balaban J connectivity index is 3.45. The van der Waals surface area contributed by atoms with Crippen molar-refractivity contribution in [2.75, 3.05) is 33.0 Å². The molecule has 3 nitrogen and oxygen atoms in total. The highest BCUT2D eigenvalue weighted by Crippen LogP contribution is 2.29. The average molecular weight is 259 g/mol. The fourth-order valence-corrected chi connectivity index (χ4v) is 1.66. The molecule has 7 heteroatoms. The van der Waals surface area contributed by atoms with E-state index in [9.17, 15) is 18.0 Å². The minimum atomic E-state index is -4.16. The SMILES string of the molecule is COC(=O)CCCN(C)CCSC(F)(F)F. The Morgan fingerprint density at radius 1 is 1.38 bits per heavy atom. The first kappa shape index (κ1) is 15.6. The zero-order valence-corrected chi connectivity index (χ0v) is 10.2. The van der Waals surface area contributed by atoms with E-state index in [1.165, 1.54) is 7.11 Å². The second-order valence-electron chi connectivity index (χ2n) is 3.28. The van der Waals surface area contributed by atoms with Gasteiger partial charge in [-0.1, -0.05) is 0 Å². The van der Waals surface area contributed by atoms with Crippen molar-refractivity contribution in [3.63, 3.8) is 0 Å². The maximum absolute atomic E-state index is 11.8. The molecular weight excluding hydrogens is 243 g/mol. The number of nitrogens with zero attached hydrogens (tertiary/aromatic N) is 1. The Morgan fingerprint density at radius 3 is 2.50 bits per heavy atom. The normalized spacial score (nSPS) is 11.9. The van der Waals surface area contributed by atoms with Crippen LogP contribution in [-0.2, 0) is 9.53 Å². The molecule has 0 saturated carbocycles. The van der Waals surface area contributed by atoms with Crippen LogP contribution < -0.4 is 0 Å². The molecule has 0 rings (SSSR count). The van der Waals surface area contributed by atoms with Gasteiger partial charge in [0.05, 0.1) is 7.11 Å². The summed E-state index contributed by atoms with van der Waals surface area (Å²) in [6.45, 7) is 0.943. The van der Waals surface area contributed by atoms with Crippen molar-refractivity contribution in [2.24, 2.45) is 0 Å². The zero-order chi connectivity index (χ0) is 12.6. The summed E-state index contributed by atoms with van der Waals surface area (Å²) in [6.07, 6.45) is 0.896. The van der Waals surface area contributed by atoms with Crippen molar-refractivity contribution in [3.8, 4) is 0 Å². The molecule has 0 N–H and O–H groups in total. The largest absolute Gasteiger partial charge is 0.469 e. The Kier molecular flexibility index (Phi) is 7.57. The number of thioether (sulfide) groups is 1. The lowest BCUT2D eigenvalue weighted by Gasteiger charge is -2.16. The topological polar surface area (TPSA) is 29.5 Å². The van der Waals surface area contributed by atoms with Crippen LogP contribution in [0.15, 0.2) is 0 Å². The number of carbonyl (C=O) groups excluding carboxylic acids is 1. The number of hydrogen-bond donors (Lipinski definition) is 0. The van der Waals surface area contributed by atoms with Crippen molar-refractivity contribution in [1.29, 1.82) is 0 Å². The summed E-state index contributed by atoms with van der Waals surface area (Å²) in [5.74, 6) is -0.281. The van der Waals surface area contributed by atoms with Gasteiger partial charge in [0.25, 0.3) is 0 Å². The highest BCUT2D eigenvalue weighted by Gasteiger charge is 2.27. The average Bonchev–Trinajstić information content (AvgIpc) is 2.15. The van der Waals surface area contributed by atoms with Crippen LogP contribution in [0.3, 0.4) is 0 Å². The zero-order valence-electron chi connectivity index (χ0n) is 9.34. The van der Waals surface area contributed by atoms with Crippen LogP contribution in [-0.4, -0.2) is 49.4 Å². The third kappa shape index (κ3) is 10.1. The Morgan fingerprint density at radius 2 is 2.00 bits per heavy atom. The van der Waals surface area contributed by atoms with Crippen LogP contribution in [0.25, 0.3) is 0 Å². The molecule has 0 spiro atoms. The van der Waals surface area contributed by atoms with Crippen molar-refractivity contribution >= 4 is 17.7 Å². The number of ether oxygens (including phenoxy) is 1. The molecule has 0 unspecified atom stereocenters. The van der Waals surface area contributed by atoms with E-state index in [0.29, 0.717) is 25.9 Å². The van der Waals surface area contributed by atoms with E-state index >= 15 is 0 Å². The Hall–Kier alpha value is -0.430. The smallest absolute Gasteiger partial charge is 0.441 e. The molecule has 96 valence electrons. The van der Waals surface area contributed by atoms with Crippen molar-refractivity contribution in [1.82, 2.24) is 4.90 Å². The molecule has 0 fully saturated rings. The van der Waals surface area contributed by atoms with E-state index in [-0.39, 0.29) is 23.5 Å². The van der Waals surface area contributed by atoms with Gasteiger partial charge in [0, 0.05) is 18.7 Å². The van der Waals surface area contributed by atoms with Crippen molar-refractivity contribution < 1.29 is 22.7 Å². The number of hydrogen-bond acceptors (Lipinski definition) is 4. The molecule has 0 aromatic heterocycles. The van der Waals surface area contributed by atoms with E-state index < -0.39 is 5.51 Å². The number of carbonyl (C=O) groups is 1. The second-order valence-corrected chi connectivity index (χ2v) is 4.44. The first-order valence-corrected chi connectivity index (χ1v) is 5.80. The van der Waals surface area contributed by atoms with Gasteiger partial charge in [0.15, 0.2) is 0 Å². The van der Waals surface area contributed by atoms with Gasteiger partial charge in [-0.3, -0.25) is 4.79 Å². The predicted octanol–water partition coefficient (Wildman–Crippen LogP) is 2.12. The first-order chi connectivity index (χ1) is 7.35. The van der Waals surface area contributed by atoms with E-state index in [1.807, 2.05) is 0 Å². The van der Waals surface area contributed by atoms with Crippen LogP contribution in [0, 0.1) is 0 Å². The van der Waals surface area contributed by atoms with Gasteiger partial charge in [-0.15, -0.1) is 0 Å². The molecule has 0 aliphatic carbocycles. The van der Waals surface area contributed by atoms with Crippen LogP contribution in [0.4, 0.5) is 13.2 Å². The van der Waals surface area contributed by atoms with Gasteiger partial charge in [-0.2, -0.15) is 13.2 Å². The lowest BCUT2D eigenvalue weighted by molar-refractivity contribution is -0.140. The highest BCUT2D eigenvalue weighted by atomic mass is 32.2. The van der Waals surface area contributed by atoms with E-state index in [2.05, 4.69) is 4.74 Å². The summed E-state index contributed by atoms with van der Waals surface area (Å²) in [7, 11) is 3.04. The van der Waals surface area contributed by atoms with Gasteiger partial charge >= 0.3 is 11.5 Å². The quantitative estimate of drug-likeness (QED) is 0.655. The summed E-state index contributed by atoms with van der Waals surface area (Å²) >= 11 is -0.0271. The predicted molar refractivity (Wildman–Crippen MR) is 57.3 cm³/mol. The van der Waals surface area contributed by atoms with Crippen molar-refractivity contribution in [3.05, 3.63) is 0 Å². The maximum atomic E-state index is 11.8. The minimum absolute atomic E-state index is 0.0121. The third-order valence-corrected chi connectivity index (χ3v) is 2.60. The Labute approximate surface area is 97.3 Å². The molecule has 0 aliphatic rings. The van der Waals surface area contributed by atoms with Gasteiger partial charge in [-0.25, -0.2) is 0 Å². The van der Waals surface area contributed by atoms with Gasteiger partial charge in [-0.05, 0) is 31.8 Å². The molecule has 0 radical (unpaired) electrons. The van der Waals surface area contributed by atoms with Crippen LogP contribution in [0.2, 0.25) is 0 Å². The minimum Gasteiger partial charge on any atom is -0.469 e. The maximum Gasteiger partial charge on any atom is 0.441 e. The molecule has 0 aromatic rings. The fourth-order valence-electron chi connectivity index (χ4n) is 1.02. The summed E-state index contributed by atoms with van der Waals surface area (Å²) in [5, 5.41) is 0. The van der Waals surface area contributed by atoms with Crippen LogP contribution in [0.1, 0.15) is 12.8 Å². The molecule has 0 amide bonds. The molecule has 0 heterocycles. The summed E-state index contributed by atoms with van der Waals surface area (Å²) in [6, 6.07) is 0. The lowest BCUT2D eigenvalue weighted by atomic mass is 10.3. The van der Waals surface area contributed by atoms with Crippen LogP contribution >= 0.6 is 11.8 Å². The molecule has 0 aliphatic heterocycles. The molecule has 0 atom stereocenters. The number of methoxy groups -OCH3 is 1. The number of esters is 1. The highest BCUT2D eigenvalue weighted by molar-refractivity contribution is 8.00. The standard InChI is InChI=1S/C9H16F3NO2S/c1-13(5-3-4-8(14)15-2)6-7-16-9(10,11)12/h3-7H2,1-2H3. The third-order valence-electron chi connectivity index (χ3n) is 1.89. The summed E-state index contributed by atoms with van der Waals surface area (Å²) in [5.41, 5.74) is -4.16. The van der Waals surface area contributed by atoms with Gasteiger partial charge < -0.3 is 9.64 Å². The second kappa shape index (κ2) is 7.78. The Bertz CT molecular complexity index is 211. The molecule has 0 saturated heterocycles. The monoisotopic (exact) mass is 259 g/mol. The summed E-state index contributed by atoms with van der Waals surface area (Å²) in [4.78, 5) is 12.5. The number of halogens is 3. The van der Waals surface area contributed by atoms with Crippen LogP contribution in [0.5, 0.6) is 0 Å². The molecular formula is C9H16F3NO2S. The fraction of sp³-hybridized carbons (Fsp3) is 0.889. The molecule has 16 heavy (non-hydrogen) atoms. The van der Waals surface area contributed by atoms with E-state index in [4.69, 9.17) is 0 Å². The first-order valence-electron chi connectivity index (χ1n) is 4.81. The lowest BCUT2D eigenvalue weighted by Crippen LogP contribution is -2.24. The van der Waals surface area contributed by atoms with E-state index in [0.717, 1.165) is 0 Å².